The van der Waals surface area contributed by atoms with Gasteiger partial charge in [0.2, 0.25) is 0 Å². The minimum absolute atomic E-state index is 0.119. The lowest BCUT2D eigenvalue weighted by Gasteiger charge is -2.60. The Balaban J connectivity index is 1.59. The van der Waals surface area contributed by atoms with Gasteiger partial charge in [0.15, 0.2) is 0 Å². The quantitative estimate of drug-likeness (QED) is 0.642. The van der Waals surface area contributed by atoms with E-state index in [9.17, 15) is 9.59 Å². The van der Waals surface area contributed by atoms with Crippen molar-refractivity contribution < 1.29 is 14.3 Å². The zero-order valence-corrected chi connectivity index (χ0v) is 16.3. The monoisotopic (exact) mass is 346 g/mol. The van der Waals surface area contributed by atoms with Crippen molar-refractivity contribution in [1.82, 2.24) is 0 Å². The van der Waals surface area contributed by atoms with Crippen LogP contribution in [0.1, 0.15) is 79.1 Å². The fourth-order valence-corrected chi connectivity index (χ4v) is 7.75. The number of carbonyl (C=O) groups is 2. The van der Waals surface area contributed by atoms with E-state index in [2.05, 4.69) is 20.8 Å². The summed E-state index contributed by atoms with van der Waals surface area (Å²) >= 11 is 0. The lowest BCUT2D eigenvalue weighted by atomic mass is 9.44. The molecule has 0 N–H and O–H groups in total. The fraction of sp³-hybridized carbons (Fsp3) is 0.909. The van der Waals surface area contributed by atoms with Crippen LogP contribution in [0.25, 0.3) is 0 Å². The van der Waals surface area contributed by atoms with Crippen LogP contribution in [0.3, 0.4) is 0 Å². The molecule has 0 radical (unpaired) electrons. The van der Waals surface area contributed by atoms with Gasteiger partial charge in [0, 0.05) is 24.7 Å². The van der Waals surface area contributed by atoms with Gasteiger partial charge in [-0.25, -0.2) is 0 Å². The summed E-state index contributed by atoms with van der Waals surface area (Å²) in [6, 6.07) is 0. The summed E-state index contributed by atoms with van der Waals surface area (Å²) in [4.78, 5) is 23.8. The van der Waals surface area contributed by atoms with E-state index >= 15 is 0 Å². The molecule has 0 amide bonds. The highest BCUT2D eigenvalue weighted by Crippen LogP contribution is 2.66. The standard InChI is InChI=1S/C22H34O3/c1-13-12-22(4)15(11-19(13)24)5-6-16-17-7-8-20(25-14(2)23)21(17,3)10-9-18(16)22/h13,15-18,20H,5-12H2,1-4H3. The van der Waals surface area contributed by atoms with Crippen LogP contribution in [0.5, 0.6) is 0 Å². The number of Topliss-reactive ketones (excluding diaryl/α,β-unsaturated/α-hetero) is 1. The number of carbonyl (C=O) groups excluding carboxylic acids is 2. The van der Waals surface area contributed by atoms with Gasteiger partial charge < -0.3 is 4.74 Å². The lowest BCUT2D eigenvalue weighted by Crippen LogP contribution is -2.55. The average molecular weight is 347 g/mol. The molecule has 0 aliphatic heterocycles. The second kappa shape index (κ2) is 5.82. The molecule has 4 rings (SSSR count). The van der Waals surface area contributed by atoms with E-state index < -0.39 is 0 Å². The number of fused-ring (bicyclic) bond motifs is 5. The van der Waals surface area contributed by atoms with E-state index in [0.717, 1.165) is 31.1 Å². The van der Waals surface area contributed by atoms with Crippen LogP contribution in [-0.2, 0) is 14.3 Å². The van der Waals surface area contributed by atoms with Gasteiger partial charge in [0.25, 0.3) is 0 Å². The van der Waals surface area contributed by atoms with Crippen molar-refractivity contribution in [3.63, 3.8) is 0 Å². The fourth-order valence-electron chi connectivity index (χ4n) is 7.75. The van der Waals surface area contributed by atoms with Gasteiger partial charge in [-0.1, -0.05) is 20.8 Å². The van der Waals surface area contributed by atoms with E-state index in [1.807, 2.05) is 0 Å². The van der Waals surface area contributed by atoms with Crippen LogP contribution < -0.4 is 0 Å². The maximum absolute atomic E-state index is 12.3. The minimum Gasteiger partial charge on any atom is -0.462 e. The first kappa shape index (κ1) is 17.5. The highest BCUT2D eigenvalue weighted by Gasteiger charge is 2.61. The first-order chi connectivity index (χ1) is 11.8. The highest BCUT2D eigenvalue weighted by molar-refractivity contribution is 5.82. The van der Waals surface area contributed by atoms with Crippen LogP contribution in [0.4, 0.5) is 0 Å². The zero-order valence-electron chi connectivity index (χ0n) is 16.3. The van der Waals surface area contributed by atoms with Crippen LogP contribution in [0.15, 0.2) is 0 Å². The van der Waals surface area contributed by atoms with Crippen molar-refractivity contribution in [2.75, 3.05) is 0 Å². The third-order valence-corrected chi connectivity index (χ3v) is 9.03. The molecule has 0 heterocycles. The predicted molar refractivity (Wildman–Crippen MR) is 96.8 cm³/mol. The maximum atomic E-state index is 12.3. The predicted octanol–water partition coefficient (Wildman–Crippen LogP) is 4.78. The number of hydrogen-bond donors (Lipinski definition) is 0. The number of ether oxygens (including phenoxy) is 1. The molecule has 0 aromatic rings. The second-order valence-electron chi connectivity index (χ2n) is 10.2. The third-order valence-electron chi connectivity index (χ3n) is 9.03. The Morgan fingerprint density at radius 3 is 2.48 bits per heavy atom. The van der Waals surface area contributed by atoms with Crippen molar-refractivity contribution in [2.24, 2.45) is 40.4 Å². The van der Waals surface area contributed by atoms with Crippen LogP contribution >= 0.6 is 0 Å². The van der Waals surface area contributed by atoms with Gasteiger partial charge in [0.05, 0.1) is 0 Å². The molecule has 8 atom stereocenters. The molecule has 4 fully saturated rings. The first-order valence-electron chi connectivity index (χ1n) is 10.5. The van der Waals surface area contributed by atoms with Gasteiger partial charge in [0.1, 0.15) is 11.9 Å². The molecule has 0 saturated heterocycles. The van der Waals surface area contributed by atoms with Crippen LogP contribution in [0, 0.1) is 40.4 Å². The summed E-state index contributed by atoms with van der Waals surface area (Å²) in [5, 5.41) is 0. The Labute approximate surface area is 152 Å². The van der Waals surface area contributed by atoms with Gasteiger partial charge in [-0.3, -0.25) is 9.59 Å². The SMILES string of the molecule is CC(=O)OC1CCC2C3CCC4CC(=O)C(C)CC4(C)C3CCC12C. The van der Waals surface area contributed by atoms with Gasteiger partial charge in [-0.05, 0) is 74.0 Å². The zero-order chi connectivity index (χ0) is 18.0. The molecule has 4 aliphatic rings. The summed E-state index contributed by atoms with van der Waals surface area (Å²) in [5.41, 5.74) is 0.517. The van der Waals surface area contributed by atoms with Crippen LogP contribution in [0.2, 0.25) is 0 Å². The summed E-state index contributed by atoms with van der Waals surface area (Å²) < 4.78 is 5.74. The average Bonchev–Trinajstić information content (AvgIpc) is 2.85. The molecule has 0 spiro atoms. The number of esters is 1. The lowest BCUT2D eigenvalue weighted by molar-refractivity contribution is -0.163. The van der Waals surface area contributed by atoms with Crippen molar-refractivity contribution in [1.29, 1.82) is 0 Å². The van der Waals surface area contributed by atoms with E-state index in [0.29, 0.717) is 23.0 Å². The molecular weight excluding hydrogens is 312 g/mol. The summed E-state index contributed by atoms with van der Waals surface area (Å²) in [5.74, 6) is 3.44. The number of ketones is 1. The summed E-state index contributed by atoms with van der Waals surface area (Å²) in [6.45, 7) is 8.58. The Hall–Kier alpha value is -0.860. The summed E-state index contributed by atoms with van der Waals surface area (Å²) in [7, 11) is 0. The molecule has 4 aliphatic carbocycles. The maximum Gasteiger partial charge on any atom is 0.302 e. The molecule has 0 aromatic heterocycles. The largest absolute Gasteiger partial charge is 0.462 e. The molecule has 0 aromatic carbocycles. The molecule has 0 bridgehead atoms. The van der Waals surface area contributed by atoms with Gasteiger partial charge >= 0.3 is 5.97 Å². The Bertz CT molecular complexity index is 584. The number of rotatable bonds is 1. The Morgan fingerprint density at radius 2 is 1.76 bits per heavy atom. The first-order valence-corrected chi connectivity index (χ1v) is 10.5. The normalized spacial score (nSPS) is 52.1. The summed E-state index contributed by atoms with van der Waals surface area (Å²) in [6.07, 6.45) is 9.22. The van der Waals surface area contributed by atoms with E-state index in [1.165, 1.54) is 32.1 Å². The minimum atomic E-state index is -0.121. The molecule has 8 unspecified atom stereocenters. The molecule has 3 nitrogen and oxygen atoms in total. The van der Waals surface area contributed by atoms with Gasteiger partial charge in [-0.15, -0.1) is 0 Å². The van der Waals surface area contributed by atoms with Gasteiger partial charge in [-0.2, -0.15) is 0 Å². The Morgan fingerprint density at radius 1 is 1.04 bits per heavy atom. The van der Waals surface area contributed by atoms with E-state index in [4.69, 9.17) is 4.74 Å². The molecule has 140 valence electrons. The van der Waals surface area contributed by atoms with Crippen molar-refractivity contribution in [3.8, 4) is 0 Å². The smallest absolute Gasteiger partial charge is 0.302 e. The molecule has 25 heavy (non-hydrogen) atoms. The third kappa shape index (κ3) is 2.51. The molecule has 4 saturated carbocycles. The second-order valence-corrected chi connectivity index (χ2v) is 10.2. The van der Waals surface area contributed by atoms with Crippen molar-refractivity contribution in [3.05, 3.63) is 0 Å². The molecular formula is C22H34O3. The Kier molecular flexibility index (Phi) is 4.09. The van der Waals surface area contributed by atoms with Crippen molar-refractivity contribution in [2.45, 2.75) is 85.2 Å². The number of hydrogen-bond acceptors (Lipinski definition) is 3. The van der Waals surface area contributed by atoms with E-state index in [-0.39, 0.29) is 23.4 Å². The molecule has 3 heteroatoms. The van der Waals surface area contributed by atoms with E-state index in [1.54, 1.807) is 6.92 Å². The topological polar surface area (TPSA) is 43.4 Å². The van der Waals surface area contributed by atoms with Crippen molar-refractivity contribution >= 4 is 11.8 Å². The highest BCUT2D eigenvalue weighted by atomic mass is 16.5. The van der Waals surface area contributed by atoms with Crippen LogP contribution in [-0.4, -0.2) is 17.9 Å².